The van der Waals surface area contributed by atoms with Gasteiger partial charge in [-0.1, -0.05) is 5.16 Å². The fourth-order valence-corrected chi connectivity index (χ4v) is 4.29. The molecule has 2 atom stereocenters. The number of likely N-dealkylation sites (tertiary alicyclic amines) is 1. The second-order valence-corrected chi connectivity index (χ2v) is 8.22. The number of methoxy groups -OCH3 is 3. The molecule has 2 aromatic heterocycles. The Labute approximate surface area is 196 Å². The number of benzene rings is 1. The lowest BCUT2D eigenvalue weighted by Crippen LogP contribution is -2.54. The van der Waals surface area contributed by atoms with Gasteiger partial charge in [-0.15, -0.1) is 0 Å². The first-order valence-electron chi connectivity index (χ1n) is 10.9. The molecule has 0 spiro atoms. The van der Waals surface area contributed by atoms with Crippen LogP contribution in [-0.4, -0.2) is 66.4 Å². The first-order valence-corrected chi connectivity index (χ1v) is 10.9. The van der Waals surface area contributed by atoms with Gasteiger partial charge in [0.05, 0.1) is 27.2 Å². The normalized spacial score (nSPS) is 20.1. The van der Waals surface area contributed by atoms with Crippen LogP contribution in [0.5, 0.6) is 17.2 Å². The molecule has 2 saturated heterocycles. The van der Waals surface area contributed by atoms with Crippen molar-refractivity contribution in [3.05, 3.63) is 48.1 Å². The molecule has 1 aromatic carbocycles. The molecule has 11 heteroatoms. The topological polar surface area (TPSA) is 124 Å². The van der Waals surface area contributed by atoms with E-state index in [9.17, 15) is 4.79 Å². The molecule has 2 aliphatic heterocycles. The number of hydrogen-bond acceptors (Lipinski definition) is 10. The maximum Gasteiger partial charge on any atom is 0.241 e. The van der Waals surface area contributed by atoms with Crippen molar-refractivity contribution in [1.82, 2.24) is 30.9 Å². The van der Waals surface area contributed by atoms with Crippen molar-refractivity contribution in [2.45, 2.75) is 24.4 Å². The number of ether oxygens (including phenoxy) is 3. The van der Waals surface area contributed by atoms with E-state index in [1.807, 2.05) is 24.3 Å². The molecule has 11 nitrogen and oxygen atoms in total. The number of aromatic nitrogens is 3. The number of nitrogens with zero attached hydrogens (tertiary/aromatic N) is 4. The van der Waals surface area contributed by atoms with Crippen LogP contribution in [-0.2, 0) is 4.79 Å². The van der Waals surface area contributed by atoms with Gasteiger partial charge < -0.3 is 23.6 Å². The van der Waals surface area contributed by atoms with Gasteiger partial charge in [-0.3, -0.25) is 9.78 Å². The van der Waals surface area contributed by atoms with Crippen molar-refractivity contribution in [2.24, 2.45) is 0 Å². The lowest BCUT2D eigenvalue weighted by Gasteiger charge is -2.38. The third-order valence-electron chi connectivity index (χ3n) is 6.21. The molecule has 0 bridgehead atoms. The lowest BCUT2D eigenvalue weighted by molar-refractivity contribution is -0.138. The summed E-state index contributed by atoms with van der Waals surface area (Å²) in [5.74, 6) is 2.82. The van der Waals surface area contributed by atoms with E-state index in [1.165, 1.54) is 0 Å². The summed E-state index contributed by atoms with van der Waals surface area (Å²) in [5.41, 5.74) is 8.12. The zero-order chi connectivity index (χ0) is 23.7. The summed E-state index contributed by atoms with van der Waals surface area (Å²) in [6.45, 7) is 1.09. The number of nitrogens with one attached hydrogen (secondary N) is 2. The molecule has 0 aliphatic carbocycles. The SMILES string of the molecule is COc1cc(C2CC(C(=O)N3CC(c4nc(-c5ccncc5)no4)C3)NN2)cc(OC)c1OC. The van der Waals surface area contributed by atoms with Crippen LogP contribution >= 0.6 is 0 Å². The van der Waals surface area contributed by atoms with Crippen molar-refractivity contribution >= 4 is 5.91 Å². The number of carbonyl (C=O) groups is 1. The van der Waals surface area contributed by atoms with E-state index in [4.69, 9.17) is 18.7 Å². The summed E-state index contributed by atoms with van der Waals surface area (Å²) in [6, 6.07) is 7.01. The number of hydrogen-bond donors (Lipinski definition) is 2. The minimum atomic E-state index is -0.347. The van der Waals surface area contributed by atoms with Gasteiger partial charge in [0, 0.05) is 37.1 Å². The third-order valence-corrected chi connectivity index (χ3v) is 6.21. The Morgan fingerprint density at radius 2 is 1.76 bits per heavy atom. The number of hydrazine groups is 1. The molecule has 0 radical (unpaired) electrons. The van der Waals surface area contributed by atoms with Gasteiger partial charge in [0.2, 0.25) is 23.4 Å². The maximum atomic E-state index is 13.0. The Morgan fingerprint density at radius 1 is 1.06 bits per heavy atom. The molecule has 2 N–H and O–H groups in total. The van der Waals surface area contributed by atoms with Crippen LogP contribution in [0.25, 0.3) is 11.4 Å². The zero-order valence-electron chi connectivity index (χ0n) is 19.1. The predicted molar refractivity (Wildman–Crippen MR) is 120 cm³/mol. The summed E-state index contributed by atoms with van der Waals surface area (Å²) >= 11 is 0. The standard InChI is InChI=1S/C23H26N6O5/c1-31-18-8-14(9-19(32-2)20(18)33-3)16-10-17(27-26-16)23(30)29-11-15(12-29)22-25-21(28-34-22)13-4-6-24-7-5-13/h4-9,15-17,26-27H,10-12H2,1-3H3. The van der Waals surface area contributed by atoms with Gasteiger partial charge in [0.25, 0.3) is 0 Å². The molecule has 2 aliphatic rings. The monoisotopic (exact) mass is 466 g/mol. The van der Waals surface area contributed by atoms with Gasteiger partial charge in [0.15, 0.2) is 11.5 Å². The average Bonchev–Trinajstić information content (AvgIpc) is 3.53. The smallest absolute Gasteiger partial charge is 0.241 e. The van der Waals surface area contributed by atoms with Crippen molar-refractivity contribution in [1.29, 1.82) is 0 Å². The predicted octanol–water partition coefficient (Wildman–Crippen LogP) is 1.69. The van der Waals surface area contributed by atoms with E-state index in [1.54, 1.807) is 38.6 Å². The van der Waals surface area contributed by atoms with Crippen LogP contribution < -0.4 is 25.1 Å². The largest absolute Gasteiger partial charge is 0.493 e. The van der Waals surface area contributed by atoms with Crippen molar-refractivity contribution in [3.63, 3.8) is 0 Å². The quantitative estimate of drug-likeness (QED) is 0.532. The van der Waals surface area contributed by atoms with Gasteiger partial charge in [-0.25, -0.2) is 10.9 Å². The highest BCUT2D eigenvalue weighted by molar-refractivity contribution is 5.83. The maximum absolute atomic E-state index is 13.0. The van der Waals surface area contributed by atoms with Crippen molar-refractivity contribution < 1.29 is 23.5 Å². The fraction of sp³-hybridized carbons (Fsp3) is 0.391. The highest BCUT2D eigenvalue weighted by Gasteiger charge is 2.41. The lowest BCUT2D eigenvalue weighted by atomic mass is 9.96. The highest BCUT2D eigenvalue weighted by atomic mass is 16.5. The average molecular weight is 466 g/mol. The van der Waals surface area contributed by atoms with Crippen LogP contribution in [0.3, 0.4) is 0 Å². The van der Waals surface area contributed by atoms with Gasteiger partial charge in [-0.05, 0) is 36.2 Å². The molecule has 2 fully saturated rings. The van der Waals surface area contributed by atoms with Gasteiger partial charge in [0.1, 0.15) is 6.04 Å². The third kappa shape index (κ3) is 4.03. The van der Waals surface area contributed by atoms with Crippen molar-refractivity contribution in [3.8, 4) is 28.6 Å². The van der Waals surface area contributed by atoms with E-state index >= 15 is 0 Å². The Hall–Kier alpha value is -3.70. The first-order chi connectivity index (χ1) is 16.6. The number of carbonyl (C=O) groups excluding carboxylic acids is 1. The minimum Gasteiger partial charge on any atom is -0.493 e. The van der Waals surface area contributed by atoms with E-state index in [-0.39, 0.29) is 23.9 Å². The Morgan fingerprint density at radius 3 is 2.41 bits per heavy atom. The summed E-state index contributed by atoms with van der Waals surface area (Å²) in [5, 5.41) is 4.05. The molecule has 0 saturated carbocycles. The summed E-state index contributed by atoms with van der Waals surface area (Å²) in [6.07, 6.45) is 3.96. The Bertz CT molecular complexity index is 1140. The molecule has 178 valence electrons. The number of rotatable bonds is 7. The summed E-state index contributed by atoms with van der Waals surface area (Å²) in [4.78, 5) is 23.3. The zero-order valence-corrected chi connectivity index (χ0v) is 19.1. The van der Waals surface area contributed by atoms with E-state index in [0.717, 1.165) is 11.1 Å². The highest BCUT2D eigenvalue weighted by Crippen LogP contribution is 2.41. The molecule has 4 heterocycles. The van der Waals surface area contributed by atoms with E-state index in [0.29, 0.717) is 48.5 Å². The van der Waals surface area contributed by atoms with Crippen molar-refractivity contribution in [2.75, 3.05) is 34.4 Å². The van der Waals surface area contributed by atoms with Gasteiger partial charge in [-0.2, -0.15) is 4.98 Å². The van der Waals surface area contributed by atoms with E-state index < -0.39 is 0 Å². The molecule has 34 heavy (non-hydrogen) atoms. The number of pyridine rings is 1. The molecular weight excluding hydrogens is 440 g/mol. The van der Waals surface area contributed by atoms with Gasteiger partial charge >= 0.3 is 0 Å². The molecule has 5 rings (SSSR count). The van der Waals surface area contributed by atoms with Crippen LogP contribution in [0.15, 0.2) is 41.2 Å². The molecular formula is C23H26N6O5. The Kier molecular flexibility index (Phi) is 6.03. The summed E-state index contributed by atoms with van der Waals surface area (Å²) in [7, 11) is 4.73. The molecule has 3 aromatic rings. The first kappa shape index (κ1) is 22.1. The van der Waals surface area contributed by atoms with Crippen LogP contribution in [0.4, 0.5) is 0 Å². The van der Waals surface area contributed by atoms with E-state index in [2.05, 4.69) is 26.0 Å². The van der Waals surface area contributed by atoms with Crippen LogP contribution in [0.2, 0.25) is 0 Å². The fourth-order valence-electron chi connectivity index (χ4n) is 4.29. The summed E-state index contributed by atoms with van der Waals surface area (Å²) < 4.78 is 21.7. The van der Waals surface area contributed by atoms with Crippen LogP contribution in [0, 0.1) is 0 Å². The second kappa shape index (κ2) is 9.27. The molecule has 2 unspecified atom stereocenters. The second-order valence-electron chi connectivity index (χ2n) is 8.22. The molecule has 1 amide bonds. The Balaban J connectivity index is 1.20. The van der Waals surface area contributed by atoms with Crippen LogP contribution in [0.1, 0.15) is 29.8 Å². The minimum absolute atomic E-state index is 0.0345. The number of amides is 1.